The van der Waals surface area contributed by atoms with Gasteiger partial charge in [-0.1, -0.05) is 36.5 Å². The normalized spacial score (nSPS) is 24.9. The molecule has 94 valence electrons. The second kappa shape index (κ2) is 6.08. The average Bonchev–Trinajstić information content (AvgIpc) is 2.29. The van der Waals surface area contributed by atoms with Gasteiger partial charge in [0.05, 0.1) is 0 Å². The van der Waals surface area contributed by atoms with Crippen LogP contribution in [0.25, 0.3) is 0 Å². The number of nitrogens with one attached hydrogen (secondary N) is 1. The van der Waals surface area contributed by atoms with Gasteiger partial charge in [0.1, 0.15) is 0 Å². The molecule has 2 unspecified atom stereocenters. The highest BCUT2D eigenvalue weighted by atomic mass is 35.5. The van der Waals surface area contributed by atoms with Gasteiger partial charge in [0, 0.05) is 10.0 Å². The predicted octanol–water partition coefficient (Wildman–Crippen LogP) is 4.49. The Hall–Kier alpha value is -0.240. The first-order chi connectivity index (χ1) is 8.20. The van der Waals surface area contributed by atoms with Crippen LogP contribution in [0.2, 0.25) is 10.0 Å². The maximum Gasteiger partial charge on any atom is 0.0423 e. The first kappa shape index (κ1) is 13.2. The number of rotatable bonds is 3. The third kappa shape index (κ3) is 3.37. The van der Waals surface area contributed by atoms with E-state index >= 15 is 0 Å². The minimum Gasteiger partial charge on any atom is -0.316 e. The van der Waals surface area contributed by atoms with Crippen molar-refractivity contribution in [1.29, 1.82) is 0 Å². The fourth-order valence-electron chi connectivity index (χ4n) is 2.83. The summed E-state index contributed by atoms with van der Waals surface area (Å²) >= 11 is 12.2. The molecule has 2 atom stereocenters. The summed E-state index contributed by atoms with van der Waals surface area (Å²) in [5.74, 6) is 1.32. The van der Waals surface area contributed by atoms with Crippen molar-refractivity contribution in [1.82, 2.24) is 5.32 Å². The fourth-order valence-corrected chi connectivity index (χ4v) is 3.37. The second-order valence-electron chi connectivity index (χ2n) is 4.85. The summed E-state index contributed by atoms with van der Waals surface area (Å²) in [6.45, 7) is 4.45. The molecule has 1 aromatic rings. The van der Waals surface area contributed by atoms with Crippen LogP contribution in [0.3, 0.4) is 0 Å². The Morgan fingerprint density at radius 2 is 1.94 bits per heavy atom. The van der Waals surface area contributed by atoms with Crippen LogP contribution in [0.4, 0.5) is 0 Å². The Labute approximate surface area is 114 Å². The van der Waals surface area contributed by atoms with E-state index in [0.29, 0.717) is 11.8 Å². The van der Waals surface area contributed by atoms with Crippen molar-refractivity contribution in [3.63, 3.8) is 0 Å². The Morgan fingerprint density at radius 3 is 2.59 bits per heavy atom. The van der Waals surface area contributed by atoms with Crippen molar-refractivity contribution in [2.45, 2.75) is 32.1 Å². The first-order valence-electron chi connectivity index (χ1n) is 6.37. The molecule has 1 aliphatic heterocycles. The highest BCUT2D eigenvalue weighted by molar-refractivity contribution is 6.34. The van der Waals surface area contributed by atoms with E-state index in [4.69, 9.17) is 23.2 Å². The lowest BCUT2D eigenvalue weighted by Gasteiger charge is -2.32. The van der Waals surface area contributed by atoms with Gasteiger partial charge < -0.3 is 5.32 Å². The molecule has 0 aliphatic carbocycles. The van der Waals surface area contributed by atoms with Crippen molar-refractivity contribution in [3.05, 3.63) is 33.8 Å². The van der Waals surface area contributed by atoms with Gasteiger partial charge >= 0.3 is 0 Å². The van der Waals surface area contributed by atoms with Gasteiger partial charge in [-0.15, -0.1) is 0 Å². The van der Waals surface area contributed by atoms with Gasteiger partial charge in [0.15, 0.2) is 0 Å². The van der Waals surface area contributed by atoms with Crippen LogP contribution in [0.1, 0.15) is 37.7 Å². The van der Waals surface area contributed by atoms with Gasteiger partial charge in [-0.05, 0) is 61.5 Å². The summed E-state index contributed by atoms with van der Waals surface area (Å²) in [4.78, 5) is 0. The Kier molecular flexibility index (Phi) is 4.72. The van der Waals surface area contributed by atoms with Crippen molar-refractivity contribution in [2.75, 3.05) is 13.1 Å². The number of benzene rings is 1. The molecule has 2 rings (SSSR count). The Bertz CT molecular complexity index is 356. The van der Waals surface area contributed by atoms with E-state index in [0.717, 1.165) is 23.1 Å². The van der Waals surface area contributed by atoms with E-state index in [9.17, 15) is 0 Å². The summed E-state index contributed by atoms with van der Waals surface area (Å²) in [5.41, 5.74) is 1.31. The van der Waals surface area contributed by atoms with E-state index < -0.39 is 0 Å². The number of hydrogen-bond acceptors (Lipinski definition) is 1. The molecule has 1 N–H and O–H groups in total. The molecule has 0 spiro atoms. The van der Waals surface area contributed by atoms with Crippen molar-refractivity contribution >= 4 is 23.2 Å². The molecule has 1 heterocycles. The SMILES string of the molecule is CCCC1CNCCC1c1cc(Cl)cc(Cl)c1. The molecule has 0 saturated carbocycles. The molecular weight excluding hydrogens is 253 g/mol. The van der Waals surface area contributed by atoms with Gasteiger partial charge in [0.2, 0.25) is 0 Å². The first-order valence-corrected chi connectivity index (χ1v) is 7.13. The average molecular weight is 272 g/mol. The lowest BCUT2D eigenvalue weighted by molar-refractivity contribution is 0.307. The minimum absolute atomic E-state index is 0.604. The number of piperidine rings is 1. The quantitative estimate of drug-likeness (QED) is 0.855. The van der Waals surface area contributed by atoms with Crippen LogP contribution in [0.15, 0.2) is 18.2 Å². The summed E-state index contributed by atoms with van der Waals surface area (Å²) in [6.07, 6.45) is 3.68. The van der Waals surface area contributed by atoms with E-state index in [-0.39, 0.29) is 0 Å². The Balaban J connectivity index is 2.22. The smallest absolute Gasteiger partial charge is 0.0423 e. The summed E-state index contributed by atoms with van der Waals surface area (Å²) in [5, 5.41) is 4.99. The van der Waals surface area contributed by atoms with Crippen molar-refractivity contribution in [3.8, 4) is 0 Å². The molecule has 0 radical (unpaired) electrons. The zero-order valence-corrected chi connectivity index (χ0v) is 11.7. The lowest BCUT2D eigenvalue weighted by Crippen LogP contribution is -2.35. The zero-order valence-electron chi connectivity index (χ0n) is 10.2. The van der Waals surface area contributed by atoms with Gasteiger partial charge in [-0.3, -0.25) is 0 Å². The molecule has 1 nitrogen and oxygen atoms in total. The van der Waals surface area contributed by atoms with Crippen LogP contribution in [-0.4, -0.2) is 13.1 Å². The fraction of sp³-hybridized carbons (Fsp3) is 0.571. The summed E-state index contributed by atoms with van der Waals surface area (Å²) in [7, 11) is 0. The lowest BCUT2D eigenvalue weighted by atomic mass is 9.79. The molecule has 17 heavy (non-hydrogen) atoms. The molecule has 1 fully saturated rings. The van der Waals surface area contributed by atoms with E-state index in [1.165, 1.54) is 24.8 Å². The molecule has 1 saturated heterocycles. The molecule has 0 bridgehead atoms. The van der Waals surface area contributed by atoms with Crippen LogP contribution in [0, 0.1) is 5.92 Å². The monoisotopic (exact) mass is 271 g/mol. The summed E-state index contributed by atoms with van der Waals surface area (Å²) in [6, 6.07) is 5.96. The van der Waals surface area contributed by atoms with Gasteiger partial charge in [-0.25, -0.2) is 0 Å². The van der Waals surface area contributed by atoms with Crippen LogP contribution in [0.5, 0.6) is 0 Å². The van der Waals surface area contributed by atoms with Crippen molar-refractivity contribution in [2.24, 2.45) is 5.92 Å². The zero-order chi connectivity index (χ0) is 12.3. The molecular formula is C14H19Cl2N. The maximum atomic E-state index is 6.09. The highest BCUT2D eigenvalue weighted by Gasteiger charge is 2.25. The number of hydrogen-bond donors (Lipinski definition) is 1. The van der Waals surface area contributed by atoms with E-state index in [2.05, 4.69) is 24.4 Å². The molecule has 0 aromatic heterocycles. The van der Waals surface area contributed by atoms with Crippen LogP contribution in [-0.2, 0) is 0 Å². The predicted molar refractivity (Wildman–Crippen MR) is 75.1 cm³/mol. The number of halogens is 2. The molecule has 3 heteroatoms. The summed E-state index contributed by atoms with van der Waals surface area (Å²) < 4.78 is 0. The van der Waals surface area contributed by atoms with Crippen molar-refractivity contribution < 1.29 is 0 Å². The molecule has 0 amide bonds. The topological polar surface area (TPSA) is 12.0 Å². The largest absolute Gasteiger partial charge is 0.316 e. The highest BCUT2D eigenvalue weighted by Crippen LogP contribution is 2.35. The molecule has 1 aliphatic rings. The molecule has 1 aromatic carbocycles. The van der Waals surface area contributed by atoms with Crippen LogP contribution < -0.4 is 5.32 Å². The third-order valence-corrected chi connectivity index (χ3v) is 4.02. The van der Waals surface area contributed by atoms with Crippen LogP contribution >= 0.6 is 23.2 Å². The van der Waals surface area contributed by atoms with Gasteiger partial charge in [0.25, 0.3) is 0 Å². The maximum absolute atomic E-state index is 6.09. The third-order valence-electron chi connectivity index (χ3n) is 3.58. The van der Waals surface area contributed by atoms with E-state index in [1.807, 2.05) is 6.07 Å². The minimum atomic E-state index is 0.604. The Morgan fingerprint density at radius 1 is 1.24 bits per heavy atom. The van der Waals surface area contributed by atoms with Gasteiger partial charge in [-0.2, -0.15) is 0 Å². The second-order valence-corrected chi connectivity index (χ2v) is 5.72. The standard InChI is InChI=1S/C14H19Cl2N/c1-2-3-10-9-17-5-4-14(10)11-6-12(15)8-13(16)7-11/h6-8,10,14,17H,2-5,9H2,1H3. The van der Waals surface area contributed by atoms with E-state index in [1.54, 1.807) is 0 Å².